The van der Waals surface area contributed by atoms with Crippen molar-refractivity contribution >= 4 is 56.7 Å². The highest BCUT2D eigenvalue weighted by atomic mass is 79.9. The Morgan fingerprint density at radius 2 is 1.86 bits per heavy atom. The van der Waals surface area contributed by atoms with Gasteiger partial charge in [0.15, 0.2) is 5.11 Å². The van der Waals surface area contributed by atoms with Gasteiger partial charge in [-0.3, -0.25) is 25.8 Å². The third kappa shape index (κ3) is 7.10. The molecule has 2 aromatic carbocycles. The van der Waals surface area contributed by atoms with Crippen LogP contribution in [0.2, 0.25) is 5.02 Å². The number of amides is 2. The first kappa shape index (κ1) is 22.1. The highest BCUT2D eigenvalue weighted by molar-refractivity contribution is 9.10. The molecule has 0 radical (unpaired) electrons. The lowest BCUT2D eigenvalue weighted by Crippen LogP contribution is -2.48. The van der Waals surface area contributed by atoms with Crippen molar-refractivity contribution in [2.75, 3.05) is 6.61 Å². The van der Waals surface area contributed by atoms with E-state index in [0.29, 0.717) is 27.4 Å². The van der Waals surface area contributed by atoms with E-state index in [1.807, 2.05) is 6.92 Å². The van der Waals surface area contributed by atoms with Crippen LogP contribution in [0.25, 0.3) is 0 Å². The normalized spacial score (nSPS) is 10.1. The minimum atomic E-state index is -0.410. The number of ether oxygens (including phenoxy) is 1. The Bertz CT molecular complexity index is 862. The van der Waals surface area contributed by atoms with Gasteiger partial charge in [0.25, 0.3) is 5.91 Å². The van der Waals surface area contributed by atoms with E-state index in [0.717, 1.165) is 12.0 Å². The van der Waals surface area contributed by atoms with Crippen LogP contribution < -0.4 is 20.9 Å². The standard InChI is InChI=1S/C19H19BrClN3O3S/c1-2-9-27-16-8-5-13(11-15(16)20)18(26)22-19(28)24-23-17(25)10-12-3-6-14(21)7-4-12/h3-8,11H,2,9-10H2,1H3,(H,23,25)(H2,22,24,26,28). The molecule has 0 fully saturated rings. The highest BCUT2D eigenvalue weighted by Crippen LogP contribution is 2.26. The van der Waals surface area contributed by atoms with Crippen molar-refractivity contribution in [1.82, 2.24) is 16.2 Å². The maximum Gasteiger partial charge on any atom is 0.257 e. The summed E-state index contributed by atoms with van der Waals surface area (Å²) >= 11 is 14.2. The van der Waals surface area contributed by atoms with Crippen molar-refractivity contribution in [3.05, 3.63) is 63.1 Å². The summed E-state index contributed by atoms with van der Waals surface area (Å²) in [4.78, 5) is 24.2. The van der Waals surface area contributed by atoms with E-state index >= 15 is 0 Å². The van der Waals surface area contributed by atoms with Crippen LogP contribution in [0.1, 0.15) is 29.3 Å². The molecule has 9 heteroatoms. The number of nitrogens with one attached hydrogen (secondary N) is 3. The fraction of sp³-hybridized carbons (Fsp3) is 0.211. The third-order valence-corrected chi connectivity index (χ3v) is 4.55. The van der Waals surface area contributed by atoms with Crippen LogP contribution in [-0.4, -0.2) is 23.5 Å². The van der Waals surface area contributed by atoms with Gasteiger partial charge in [-0.25, -0.2) is 0 Å². The average molecular weight is 485 g/mol. The summed E-state index contributed by atoms with van der Waals surface area (Å²) in [6.07, 6.45) is 1.03. The molecule has 2 aromatic rings. The number of hydrogen-bond donors (Lipinski definition) is 3. The van der Waals surface area contributed by atoms with Crippen LogP contribution in [0.3, 0.4) is 0 Å². The van der Waals surface area contributed by atoms with Crippen LogP contribution >= 0.6 is 39.7 Å². The molecular formula is C19H19BrClN3O3S. The Balaban J connectivity index is 1.81. The fourth-order valence-corrected chi connectivity index (χ4v) is 2.90. The maximum atomic E-state index is 12.3. The molecule has 2 rings (SSSR count). The number of rotatable bonds is 6. The summed E-state index contributed by atoms with van der Waals surface area (Å²) < 4.78 is 6.22. The zero-order valence-electron chi connectivity index (χ0n) is 15.1. The fourth-order valence-electron chi connectivity index (χ4n) is 2.14. The molecule has 0 aliphatic rings. The van der Waals surface area contributed by atoms with Gasteiger partial charge in [-0.2, -0.15) is 0 Å². The van der Waals surface area contributed by atoms with Crippen LogP contribution in [-0.2, 0) is 11.2 Å². The molecule has 2 amide bonds. The zero-order chi connectivity index (χ0) is 20.5. The number of halogens is 2. The van der Waals surface area contributed by atoms with Crippen molar-refractivity contribution in [3.63, 3.8) is 0 Å². The second-order valence-electron chi connectivity index (χ2n) is 5.75. The summed E-state index contributed by atoms with van der Waals surface area (Å²) in [6, 6.07) is 11.9. The van der Waals surface area contributed by atoms with Crippen molar-refractivity contribution in [1.29, 1.82) is 0 Å². The molecule has 28 heavy (non-hydrogen) atoms. The predicted octanol–water partition coefficient (Wildman–Crippen LogP) is 3.77. The summed E-state index contributed by atoms with van der Waals surface area (Å²) in [5.74, 6) is -0.0557. The maximum absolute atomic E-state index is 12.3. The summed E-state index contributed by atoms with van der Waals surface area (Å²) in [6.45, 7) is 2.60. The molecule has 0 spiro atoms. The first-order valence-electron chi connectivity index (χ1n) is 8.46. The summed E-state index contributed by atoms with van der Waals surface area (Å²) in [7, 11) is 0. The van der Waals surface area contributed by atoms with Gasteiger partial charge in [0.2, 0.25) is 5.91 Å². The SMILES string of the molecule is CCCOc1ccc(C(=O)NC(=S)NNC(=O)Cc2ccc(Cl)cc2)cc1Br. The van der Waals surface area contributed by atoms with Gasteiger partial charge >= 0.3 is 0 Å². The molecule has 148 valence electrons. The number of benzene rings is 2. The quantitative estimate of drug-likeness (QED) is 0.430. The van der Waals surface area contributed by atoms with Gasteiger partial charge in [-0.1, -0.05) is 30.7 Å². The van der Waals surface area contributed by atoms with Crippen LogP contribution in [0.15, 0.2) is 46.9 Å². The van der Waals surface area contributed by atoms with Crippen LogP contribution in [0.5, 0.6) is 5.75 Å². The lowest BCUT2D eigenvalue weighted by atomic mass is 10.1. The Labute approximate surface area is 182 Å². The molecule has 0 atom stereocenters. The van der Waals surface area contributed by atoms with Gasteiger partial charge in [-0.05, 0) is 70.5 Å². The first-order valence-corrected chi connectivity index (χ1v) is 10.0. The third-order valence-electron chi connectivity index (χ3n) is 3.48. The predicted molar refractivity (Wildman–Crippen MR) is 116 cm³/mol. The number of hydrogen-bond acceptors (Lipinski definition) is 4. The Hall–Kier alpha value is -2.16. The molecule has 0 aromatic heterocycles. The molecule has 6 nitrogen and oxygen atoms in total. The average Bonchev–Trinajstić information content (AvgIpc) is 2.67. The second kappa shape index (κ2) is 11.0. The lowest BCUT2D eigenvalue weighted by Gasteiger charge is -2.12. The van der Waals surface area contributed by atoms with Crippen molar-refractivity contribution in [2.45, 2.75) is 19.8 Å². The Morgan fingerprint density at radius 3 is 2.50 bits per heavy atom. The molecule has 0 saturated heterocycles. The van der Waals surface area contributed by atoms with E-state index in [4.69, 9.17) is 28.6 Å². The minimum absolute atomic E-state index is 0.0168. The van der Waals surface area contributed by atoms with Gasteiger partial charge < -0.3 is 4.74 Å². The number of carbonyl (C=O) groups excluding carboxylic acids is 2. The molecule has 0 aliphatic heterocycles. The Kier molecular flexibility index (Phi) is 8.69. The monoisotopic (exact) mass is 483 g/mol. The molecule has 3 N–H and O–H groups in total. The van der Waals surface area contributed by atoms with Gasteiger partial charge in [0.1, 0.15) is 5.75 Å². The number of hydrazine groups is 1. The highest BCUT2D eigenvalue weighted by Gasteiger charge is 2.11. The molecule has 0 saturated carbocycles. The first-order chi connectivity index (χ1) is 13.4. The smallest absolute Gasteiger partial charge is 0.257 e. The van der Waals surface area contributed by atoms with E-state index in [2.05, 4.69) is 32.1 Å². The molecule has 0 aliphatic carbocycles. The largest absolute Gasteiger partial charge is 0.492 e. The number of thiocarbonyl (C=S) groups is 1. The van der Waals surface area contributed by atoms with Crippen LogP contribution in [0.4, 0.5) is 0 Å². The molecule has 0 unspecified atom stereocenters. The van der Waals surface area contributed by atoms with Crippen molar-refractivity contribution in [2.24, 2.45) is 0 Å². The molecule has 0 bridgehead atoms. The minimum Gasteiger partial charge on any atom is -0.492 e. The Morgan fingerprint density at radius 1 is 1.14 bits per heavy atom. The van der Waals surface area contributed by atoms with E-state index in [1.54, 1.807) is 42.5 Å². The molecule has 0 heterocycles. The van der Waals surface area contributed by atoms with Gasteiger partial charge in [0, 0.05) is 10.6 Å². The second-order valence-corrected chi connectivity index (χ2v) is 7.45. The van der Waals surface area contributed by atoms with E-state index in [1.165, 1.54) is 0 Å². The van der Waals surface area contributed by atoms with Gasteiger partial charge in [-0.15, -0.1) is 0 Å². The van der Waals surface area contributed by atoms with Crippen molar-refractivity contribution in [3.8, 4) is 5.75 Å². The topological polar surface area (TPSA) is 79.5 Å². The van der Waals surface area contributed by atoms with Crippen LogP contribution in [0, 0.1) is 0 Å². The van der Waals surface area contributed by atoms with Gasteiger partial charge in [0.05, 0.1) is 17.5 Å². The van der Waals surface area contributed by atoms with E-state index in [9.17, 15) is 9.59 Å². The van der Waals surface area contributed by atoms with E-state index in [-0.39, 0.29) is 17.4 Å². The summed E-state index contributed by atoms with van der Waals surface area (Å²) in [5, 5.41) is 3.08. The zero-order valence-corrected chi connectivity index (χ0v) is 18.2. The molecular weight excluding hydrogens is 466 g/mol. The lowest BCUT2D eigenvalue weighted by molar-refractivity contribution is -0.121. The van der Waals surface area contributed by atoms with E-state index < -0.39 is 5.91 Å². The van der Waals surface area contributed by atoms with Crippen molar-refractivity contribution < 1.29 is 14.3 Å². The summed E-state index contributed by atoms with van der Waals surface area (Å²) in [5.41, 5.74) is 6.14. The number of carbonyl (C=O) groups is 2.